The highest BCUT2D eigenvalue weighted by molar-refractivity contribution is 6.32. The molecule has 0 aromatic heterocycles. The predicted molar refractivity (Wildman–Crippen MR) is 62.6 cm³/mol. The van der Waals surface area contributed by atoms with Crippen LogP contribution in [0.2, 0.25) is 5.02 Å². The highest BCUT2D eigenvalue weighted by Gasteiger charge is 2.05. The summed E-state index contributed by atoms with van der Waals surface area (Å²) in [4.78, 5) is 0. The Hall–Kier alpha value is -0.720. The maximum absolute atomic E-state index is 5.95. The number of allylic oxidation sites excluding steroid dienone is 4. The van der Waals surface area contributed by atoms with Gasteiger partial charge in [0, 0.05) is 10.1 Å². The SMILES string of the molecule is ClC1=CCCC(c2ccc(Cl)cc2)=C1. The first kappa shape index (κ1) is 9.82. The second-order valence-corrected chi connectivity index (χ2v) is 4.18. The van der Waals surface area contributed by atoms with E-state index in [1.807, 2.05) is 36.4 Å². The van der Waals surface area contributed by atoms with Crippen molar-refractivity contribution in [1.29, 1.82) is 0 Å². The van der Waals surface area contributed by atoms with Gasteiger partial charge in [-0.2, -0.15) is 0 Å². The van der Waals surface area contributed by atoms with Gasteiger partial charge in [-0.25, -0.2) is 0 Å². The van der Waals surface area contributed by atoms with Crippen molar-refractivity contribution in [3.05, 3.63) is 52.0 Å². The lowest BCUT2D eigenvalue weighted by Crippen LogP contribution is -1.89. The molecule has 1 aliphatic rings. The Morgan fingerprint density at radius 2 is 1.71 bits per heavy atom. The van der Waals surface area contributed by atoms with Gasteiger partial charge in [0.2, 0.25) is 0 Å². The molecule has 0 saturated heterocycles. The fraction of sp³-hybridized carbons (Fsp3) is 0.167. The molecule has 1 aromatic carbocycles. The molecule has 14 heavy (non-hydrogen) atoms. The van der Waals surface area contributed by atoms with Gasteiger partial charge >= 0.3 is 0 Å². The van der Waals surface area contributed by atoms with E-state index in [9.17, 15) is 0 Å². The summed E-state index contributed by atoms with van der Waals surface area (Å²) < 4.78 is 0. The summed E-state index contributed by atoms with van der Waals surface area (Å²) in [5, 5.41) is 1.60. The zero-order valence-corrected chi connectivity index (χ0v) is 9.15. The average molecular weight is 225 g/mol. The van der Waals surface area contributed by atoms with Crippen LogP contribution in [0.3, 0.4) is 0 Å². The molecule has 0 fully saturated rings. The van der Waals surface area contributed by atoms with Gasteiger partial charge < -0.3 is 0 Å². The van der Waals surface area contributed by atoms with Crippen LogP contribution in [0.25, 0.3) is 5.57 Å². The van der Waals surface area contributed by atoms with Crippen molar-refractivity contribution in [2.45, 2.75) is 12.8 Å². The van der Waals surface area contributed by atoms with E-state index in [1.54, 1.807) is 0 Å². The van der Waals surface area contributed by atoms with Gasteiger partial charge in [0.05, 0.1) is 0 Å². The maximum atomic E-state index is 5.95. The molecule has 0 bridgehead atoms. The number of halogens is 2. The molecule has 0 heterocycles. The summed E-state index contributed by atoms with van der Waals surface area (Å²) in [5.41, 5.74) is 2.50. The van der Waals surface area contributed by atoms with E-state index in [-0.39, 0.29) is 0 Å². The van der Waals surface area contributed by atoms with Crippen LogP contribution in [-0.4, -0.2) is 0 Å². The van der Waals surface area contributed by atoms with Crippen LogP contribution in [-0.2, 0) is 0 Å². The lowest BCUT2D eigenvalue weighted by Gasteiger charge is -2.10. The van der Waals surface area contributed by atoms with Crippen LogP contribution in [0.1, 0.15) is 18.4 Å². The van der Waals surface area contributed by atoms with Gasteiger partial charge in [0.25, 0.3) is 0 Å². The second kappa shape index (κ2) is 4.20. The minimum atomic E-state index is 0.770. The number of rotatable bonds is 1. The van der Waals surface area contributed by atoms with Crippen LogP contribution in [0, 0.1) is 0 Å². The molecule has 0 unspecified atom stereocenters. The Kier molecular flexibility index (Phi) is 2.95. The van der Waals surface area contributed by atoms with Crippen molar-refractivity contribution in [2.75, 3.05) is 0 Å². The topological polar surface area (TPSA) is 0 Å². The molecule has 0 spiro atoms. The molecule has 72 valence electrons. The van der Waals surface area contributed by atoms with Gasteiger partial charge in [-0.1, -0.05) is 41.4 Å². The molecule has 0 aliphatic heterocycles. The van der Waals surface area contributed by atoms with Crippen LogP contribution in [0.15, 0.2) is 41.4 Å². The smallest absolute Gasteiger partial charge is 0.0406 e. The van der Waals surface area contributed by atoms with Crippen LogP contribution >= 0.6 is 23.2 Å². The molecule has 0 atom stereocenters. The van der Waals surface area contributed by atoms with E-state index in [4.69, 9.17) is 23.2 Å². The van der Waals surface area contributed by atoms with E-state index in [2.05, 4.69) is 0 Å². The van der Waals surface area contributed by atoms with Gasteiger partial charge in [-0.05, 0) is 42.2 Å². The Morgan fingerprint density at radius 3 is 2.36 bits per heavy atom. The van der Waals surface area contributed by atoms with Crippen molar-refractivity contribution in [1.82, 2.24) is 0 Å². The summed E-state index contributed by atoms with van der Waals surface area (Å²) in [6.07, 6.45) is 6.14. The third-order valence-corrected chi connectivity index (χ3v) is 2.80. The van der Waals surface area contributed by atoms with E-state index in [0.717, 1.165) is 22.9 Å². The molecule has 0 N–H and O–H groups in total. The molecule has 0 saturated carbocycles. The van der Waals surface area contributed by atoms with E-state index in [0.29, 0.717) is 0 Å². The molecule has 1 aliphatic carbocycles. The van der Waals surface area contributed by atoms with E-state index < -0.39 is 0 Å². The Balaban J connectivity index is 2.31. The summed E-state index contributed by atoms with van der Waals surface area (Å²) in [5.74, 6) is 0. The molecule has 2 rings (SSSR count). The third kappa shape index (κ3) is 2.20. The van der Waals surface area contributed by atoms with Crippen LogP contribution < -0.4 is 0 Å². The van der Waals surface area contributed by atoms with Gasteiger partial charge in [-0.15, -0.1) is 0 Å². The number of hydrogen-bond acceptors (Lipinski definition) is 0. The third-order valence-electron chi connectivity index (χ3n) is 2.28. The lowest BCUT2D eigenvalue weighted by atomic mass is 9.97. The molecule has 1 aromatic rings. The fourth-order valence-electron chi connectivity index (χ4n) is 1.55. The van der Waals surface area contributed by atoms with Crippen molar-refractivity contribution < 1.29 is 0 Å². The molecule has 0 amide bonds. The summed E-state index contributed by atoms with van der Waals surface area (Å²) in [6.45, 7) is 0. The van der Waals surface area contributed by atoms with Gasteiger partial charge in [-0.3, -0.25) is 0 Å². The molecule has 0 nitrogen and oxygen atoms in total. The Bertz CT molecular complexity index is 385. The zero-order chi connectivity index (χ0) is 9.97. The predicted octanol–water partition coefficient (Wildman–Crippen LogP) is 4.64. The highest BCUT2D eigenvalue weighted by Crippen LogP contribution is 2.28. The van der Waals surface area contributed by atoms with Crippen LogP contribution in [0.5, 0.6) is 0 Å². The second-order valence-electron chi connectivity index (χ2n) is 3.30. The minimum absolute atomic E-state index is 0.770. The standard InChI is InChI=1S/C12H10Cl2/c13-11-6-4-9(5-7-11)10-2-1-3-12(14)8-10/h3-8H,1-2H2. The number of hydrogen-bond donors (Lipinski definition) is 0. The van der Waals surface area contributed by atoms with Gasteiger partial charge in [0.15, 0.2) is 0 Å². The normalized spacial score (nSPS) is 16.1. The molecule has 2 heteroatoms. The van der Waals surface area contributed by atoms with Crippen molar-refractivity contribution in [2.24, 2.45) is 0 Å². The fourth-order valence-corrected chi connectivity index (χ4v) is 1.92. The summed E-state index contributed by atoms with van der Waals surface area (Å²) >= 11 is 11.8. The lowest BCUT2D eigenvalue weighted by molar-refractivity contribution is 1.05. The first-order chi connectivity index (χ1) is 6.75. The summed E-state index contributed by atoms with van der Waals surface area (Å²) in [7, 11) is 0. The quantitative estimate of drug-likeness (QED) is 0.653. The maximum Gasteiger partial charge on any atom is 0.0406 e. The van der Waals surface area contributed by atoms with Crippen molar-refractivity contribution in [3.63, 3.8) is 0 Å². The Labute approximate surface area is 93.8 Å². The van der Waals surface area contributed by atoms with Crippen LogP contribution in [0.4, 0.5) is 0 Å². The minimum Gasteiger partial charge on any atom is -0.0847 e. The number of benzene rings is 1. The molecular weight excluding hydrogens is 215 g/mol. The largest absolute Gasteiger partial charge is 0.0847 e. The van der Waals surface area contributed by atoms with E-state index in [1.165, 1.54) is 11.1 Å². The monoisotopic (exact) mass is 224 g/mol. The van der Waals surface area contributed by atoms with E-state index >= 15 is 0 Å². The first-order valence-electron chi connectivity index (χ1n) is 4.58. The van der Waals surface area contributed by atoms with Gasteiger partial charge in [0.1, 0.15) is 0 Å². The molecular formula is C12H10Cl2. The highest BCUT2D eigenvalue weighted by atomic mass is 35.5. The van der Waals surface area contributed by atoms with Crippen molar-refractivity contribution >= 4 is 28.8 Å². The molecule has 0 radical (unpaired) electrons. The summed E-state index contributed by atoms with van der Waals surface area (Å²) in [6, 6.07) is 7.88. The van der Waals surface area contributed by atoms with Crippen molar-refractivity contribution in [3.8, 4) is 0 Å². The first-order valence-corrected chi connectivity index (χ1v) is 5.33. The Morgan fingerprint density at radius 1 is 1.00 bits per heavy atom. The average Bonchev–Trinajstić information content (AvgIpc) is 2.19. The zero-order valence-electron chi connectivity index (χ0n) is 7.63.